The summed E-state index contributed by atoms with van der Waals surface area (Å²) in [6, 6.07) is 8.49. The molecular formula is C22H30N3O9PS. The van der Waals surface area contributed by atoms with Crippen LogP contribution in [-0.4, -0.2) is 62.3 Å². The standard InChI is InChI=1S/C22H30N3O9PS/c1-13(2)32-19(27)14(3)24-35(30,34-15-8-6-5-7-9-15)31-12-16-18(26)22(4,29)20(33-16)25-11-10-17(36)23-21(25)28/h5-11,13-14,16,18,20,26,29H,12H2,1-4H3,(H,24,30)(H,23,28,36)/t14-,16+,18-,20+,22?,35?/m0/s1. The highest BCUT2D eigenvalue weighted by molar-refractivity contribution is 7.71. The minimum Gasteiger partial charge on any atom is -0.462 e. The van der Waals surface area contributed by atoms with E-state index in [-0.39, 0.29) is 10.4 Å². The number of aliphatic hydroxyl groups is 2. The smallest absolute Gasteiger partial charge is 0.459 e. The van der Waals surface area contributed by atoms with Crippen molar-refractivity contribution in [3.63, 3.8) is 0 Å². The Morgan fingerprint density at radius 2 is 1.97 bits per heavy atom. The van der Waals surface area contributed by atoms with E-state index >= 15 is 0 Å². The van der Waals surface area contributed by atoms with Gasteiger partial charge in [-0.3, -0.25) is 18.9 Å². The van der Waals surface area contributed by atoms with Crippen LogP contribution in [0.1, 0.15) is 33.9 Å². The molecule has 0 bridgehead atoms. The number of aliphatic hydroxyl groups excluding tert-OH is 1. The lowest BCUT2D eigenvalue weighted by Crippen LogP contribution is -2.46. The fraction of sp³-hybridized carbons (Fsp3) is 0.500. The molecule has 0 spiro atoms. The van der Waals surface area contributed by atoms with Crippen LogP contribution in [0, 0.1) is 4.64 Å². The minimum absolute atomic E-state index is 0.185. The second-order valence-corrected chi connectivity index (χ2v) is 10.9. The molecule has 0 saturated carbocycles. The molecule has 3 rings (SSSR count). The molecule has 1 aliphatic rings. The van der Waals surface area contributed by atoms with E-state index < -0.39 is 62.2 Å². The summed E-state index contributed by atoms with van der Waals surface area (Å²) in [5.41, 5.74) is -2.57. The molecule has 2 aromatic rings. The topological polar surface area (TPSA) is 161 Å². The molecule has 1 saturated heterocycles. The zero-order valence-corrected chi connectivity index (χ0v) is 21.9. The van der Waals surface area contributed by atoms with Crippen molar-refractivity contribution < 1.29 is 38.1 Å². The maximum Gasteiger partial charge on any atom is 0.459 e. The number of rotatable bonds is 10. The van der Waals surface area contributed by atoms with Gasteiger partial charge in [0.15, 0.2) is 6.23 Å². The van der Waals surface area contributed by atoms with Gasteiger partial charge in [0.1, 0.15) is 34.2 Å². The van der Waals surface area contributed by atoms with Crippen molar-refractivity contribution in [3.8, 4) is 5.75 Å². The molecule has 1 fully saturated rings. The average molecular weight is 544 g/mol. The number of para-hydroxylation sites is 1. The number of H-pyrrole nitrogens is 1. The molecule has 0 amide bonds. The zero-order chi connectivity index (χ0) is 26.7. The van der Waals surface area contributed by atoms with Gasteiger partial charge in [0.2, 0.25) is 0 Å². The quantitative estimate of drug-likeness (QED) is 0.197. The summed E-state index contributed by atoms with van der Waals surface area (Å²) < 4.78 is 36.8. The third-order valence-corrected chi connectivity index (χ3v) is 7.17. The van der Waals surface area contributed by atoms with E-state index in [1.165, 1.54) is 26.1 Å². The second kappa shape index (κ2) is 11.3. The highest BCUT2D eigenvalue weighted by Gasteiger charge is 2.54. The summed E-state index contributed by atoms with van der Waals surface area (Å²) in [6.07, 6.45) is -3.13. The van der Waals surface area contributed by atoms with Crippen molar-refractivity contribution in [2.75, 3.05) is 6.61 Å². The first-order valence-corrected chi connectivity index (χ1v) is 13.1. The molecule has 2 unspecified atom stereocenters. The SMILES string of the molecule is CC(C)OC(=O)[C@H](C)NP(=O)(OC[C@H]1O[C@@H](n2ccc(=S)[nH]c2=O)C(C)(O)[C@H]1O)Oc1ccccc1. The number of nitrogens with zero attached hydrogens (tertiary/aromatic N) is 1. The molecule has 2 heterocycles. The summed E-state index contributed by atoms with van der Waals surface area (Å²) in [4.78, 5) is 27.0. The van der Waals surface area contributed by atoms with Gasteiger partial charge >= 0.3 is 19.4 Å². The van der Waals surface area contributed by atoms with Crippen molar-refractivity contribution in [1.29, 1.82) is 0 Å². The predicted octanol–water partition coefficient (Wildman–Crippen LogP) is 2.05. The third-order valence-electron chi connectivity index (χ3n) is 5.29. The van der Waals surface area contributed by atoms with Crippen LogP contribution in [0.25, 0.3) is 0 Å². The van der Waals surface area contributed by atoms with Crippen LogP contribution in [0.2, 0.25) is 0 Å². The van der Waals surface area contributed by atoms with Crippen LogP contribution in [0.4, 0.5) is 0 Å². The van der Waals surface area contributed by atoms with Crippen LogP contribution < -0.4 is 15.3 Å². The molecule has 6 atom stereocenters. The molecule has 198 valence electrons. The summed E-state index contributed by atoms with van der Waals surface area (Å²) in [5.74, 6) is -0.479. The number of aromatic amines is 1. The fourth-order valence-electron chi connectivity index (χ4n) is 3.50. The van der Waals surface area contributed by atoms with Gasteiger partial charge in [-0.05, 0) is 45.9 Å². The Morgan fingerprint density at radius 1 is 1.31 bits per heavy atom. The molecule has 4 N–H and O–H groups in total. The van der Waals surface area contributed by atoms with Gasteiger partial charge in [-0.15, -0.1) is 0 Å². The monoisotopic (exact) mass is 543 g/mol. The van der Waals surface area contributed by atoms with E-state index in [1.807, 2.05) is 0 Å². The largest absolute Gasteiger partial charge is 0.462 e. The Labute approximate surface area is 212 Å². The molecule has 12 nitrogen and oxygen atoms in total. The van der Waals surface area contributed by atoms with Gasteiger partial charge in [0.25, 0.3) is 0 Å². The summed E-state index contributed by atoms with van der Waals surface area (Å²) in [5, 5.41) is 24.2. The molecule has 14 heteroatoms. The Bertz CT molecular complexity index is 1220. The maximum absolute atomic E-state index is 13.6. The Balaban J connectivity index is 1.80. The maximum atomic E-state index is 13.6. The fourth-order valence-corrected chi connectivity index (χ4v) is 5.15. The second-order valence-electron chi connectivity index (χ2n) is 8.75. The van der Waals surface area contributed by atoms with Crippen molar-refractivity contribution >= 4 is 25.9 Å². The van der Waals surface area contributed by atoms with E-state index in [1.54, 1.807) is 44.2 Å². The van der Waals surface area contributed by atoms with Crippen molar-refractivity contribution in [2.24, 2.45) is 0 Å². The highest BCUT2D eigenvalue weighted by atomic mass is 32.1. The number of aromatic nitrogens is 2. The Hall–Kier alpha value is -2.38. The van der Waals surface area contributed by atoms with Gasteiger partial charge in [-0.2, -0.15) is 5.09 Å². The number of carbonyl (C=O) groups excluding carboxylic acids is 1. The molecule has 1 aliphatic heterocycles. The third kappa shape index (κ3) is 6.68. The lowest BCUT2D eigenvalue weighted by atomic mass is 9.96. The number of benzene rings is 1. The van der Waals surface area contributed by atoms with E-state index in [0.717, 1.165) is 4.57 Å². The highest BCUT2D eigenvalue weighted by Crippen LogP contribution is 2.46. The number of nitrogens with one attached hydrogen (secondary N) is 2. The minimum atomic E-state index is -4.24. The number of hydrogen-bond acceptors (Lipinski definition) is 10. The zero-order valence-electron chi connectivity index (χ0n) is 20.2. The van der Waals surface area contributed by atoms with Gasteiger partial charge in [-0.1, -0.05) is 30.4 Å². The first-order chi connectivity index (χ1) is 16.8. The number of ether oxygens (including phenoxy) is 2. The molecule has 1 aromatic heterocycles. The number of carbonyl (C=O) groups is 1. The molecule has 36 heavy (non-hydrogen) atoms. The van der Waals surface area contributed by atoms with Gasteiger partial charge in [-0.25, -0.2) is 9.36 Å². The van der Waals surface area contributed by atoms with Crippen LogP contribution >= 0.6 is 20.0 Å². The van der Waals surface area contributed by atoms with Crippen molar-refractivity contribution in [3.05, 3.63) is 57.7 Å². The first kappa shape index (κ1) is 28.2. The van der Waals surface area contributed by atoms with E-state index in [9.17, 15) is 24.4 Å². The van der Waals surface area contributed by atoms with Crippen molar-refractivity contribution in [1.82, 2.24) is 14.6 Å². The van der Waals surface area contributed by atoms with E-state index in [2.05, 4.69) is 10.1 Å². The Morgan fingerprint density at radius 3 is 2.58 bits per heavy atom. The predicted molar refractivity (Wildman–Crippen MR) is 131 cm³/mol. The Kier molecular flexibility index (Phi) is 8.88. The molecule has 0 aliphatic carbocycles. The summed E-state index contributed by atoms with van der Waals surface area (Å²) >= 11 is 4.92. The number of esters is 1. The number of hydrogen-bond donors (Lipinski definition) is 4. The van der Waals surface area contributed by atoms with Gasteiger partial charge in [0, 0.05) is 6.20 Å². The van der Waals surface area contributed by atoms with Crippen molar-refractivity contribution in [2.45, 2.75) is 63.9 Å². The molecular weight excluding hydrogens is 513 g/mol. The molecule has 1 aromatic carbocycles. The lowest BCUT2D eigenvalue weighted by Gasteiger charge is -2.27. The van der Waals surface area contributed by atoms with Crippen LogP contribution in [0.15, 0.2) is 47.4 Å². The van der Waals surface area contributed by atoms with Gasteiger partial charge in [0.05, 0.1) is 12.7 Å². The van der Waals surface area contributed by atoms with Crippen LogP contribution in [0.5, 0.6) is 5.75 Å². The molecule has 0 radical (unpaired) electrons. The normalized spacial score (nSPS) is 26.4. The first-order valence-electron chi connectivity index (χ1n) is 11.2. The van der Waals surface area contributed by atoms with Crippen LogP contribution in [0.3, 0.4) is 0 Å². The summed E-state index contributed by atoms with van der Waals surface area (Å²) in [6.45, 7) is 5.55. The van der Waals surface area contributed by atoms with Gasteiger partial charge < -0.3 is 24.2 Å². The summed E-state index contributed by atoms with van der Waals surface area (Å²) in [7, 11) is -4.24. The van der Waals surface area contributed by atoms with E-state index in [0.29, 0.717) is 0 Å². The lowest BCUT2D eigenvalue weighted by molar-refractivity contribution is -0.149. The van der Waals surface area contributed by atoms with E-state index in [4.69, 9.17) is 30.7 Å². The van der Waals surface area contributed by atoms with Crippen LogP contribution in [-0.2, 0) is 23.4 Å². The average Bonchev–Trinajstić information content (AvgIpc) is 3.01.